The van der Waals surface area contributed by atoms with Gasteiger partial charge in [-0.2, -0.15) is 0 Å². The monoisotopic (exact) mass is 286 g/mol. The normalized spacial score (nSPS) is 28.6. The molecular weight excluding hydrogens is 260 g/mol. The van der Waals surface area contributed by atoms with Crippen molar-refractivity contribution in [3.8, 4) is 0 Å². The average Bonchev–Trinajstić information content (AvgIpc) is 3.08. The maximum atomic E-state index is 11.0. The Balaban J connectivity index is 1.49. The summed E-state index contributed by atoms with van der Waals surface area (Å²) in [4.78, 5) is 11.0. The van der Waals surface area contributed by atoms with Crippen LogP contribution in [0.5, 0.6) is 0 Å². The summed E-state index contributed by atoms with van der Waals surface area (Å²) in [5.74, 6) is 2.84. The van der Waals surface area contributed by atoms with Gasteiger partial charge in [0.1, 0.15) is 0 Å². The highest BCUT2D eigenvalue weighted by molar-refractivity contribution is 5.88. The topological polar surface area (TPSA) is 41.1 Å². The molecule has 1 amide bonds. The third-order valence-corrected chi connectivity index (χ3v) is 5.34. The third kappa shape index (κ3) is 3.46. The number of anilines is 1. The quantitative estimate of drug-likeness (QED) is 0.869. The fourth-order valence-electron chi connectivity index (χ4n) is 4.25. The predicted molar refractivity (Wildman–Crippen MR) is 86.0 cm³/mol. The highest BCUT2D eigenvalue weighted by Crippen LogP contribution is 2.49. The van der Waals surface area contributed by atoms with E-state index in [0.29, 0.717) is 6.04 Å². The zero-order valence-electron chi connectivity index (χ0n) is 13.1. The van der Waals surface area contributed by atoms with Gasteiger partial charge in [0.15, 0.2) is 0 Å². The minimum Gasteiger partial charge on any atom is -0.326 e. The lowest BCUT2D eigenvalue weighted by atomic mass is 9.84. The van der Waals surface area contributed by atoms with Crippen LogP contribution in [-0.4, -0.2) is 11.9 Å². The van der Waals surface area contributed by atoms with E-state index in [9.17, 15) is 4.79 Å². The molecule has 1 aromatic carbocycles. The second-order valence-electron chi connectivity index (χ2n) is 6.89. The number of hydrogen-bond acceptors (Lipinski definition) is 2. The largest absolute Gasteiger partial charge is 0.326 e. The van der Waals surface area contributed by atoms with E-state index in [1.807, 2.05) is 12.1 Å². The summed E-state index contributed by atoms with van der Waals surface area (Å²) in [5.41, 5.74) is 2.14. The maximum Gasteiger partial charge on any atom is 0.221 e. The molecule has 0 aliphatic heterocycles. The van der Waals surface area contributed by atoms with Gasteiger partial charge in [-0.25, -0.2) is 0 Å². The zero-order chi connectivity index (χ0) is 14.8. The number of fused-ring (bicyclic) bond motifs is 2. The van der Waals surface area contributed by atoms with Gasteiger partial charge in [-0.05, 0) is 61.6 Å². The highest BCUT2D eigenvalue weighted by Gasteiger charge is 2.41. The number of nitrogens with one attached hydrogen (secondary N) is 2. The van der Waals surface area contributed by atoms with Crippen LogP contribution in [0.25, 0.3) is 0 Å². The van der Waals surface area contributed by atoms with Crippen molar-refractivity contribution in [2.75, 3.05) is 5.32 Å². The van der Waals surface area contributed by atoms with Crippen molar-refractivity contribution >= 4 is 11.6 Å². The number of rotatable bonds is 5. The van der Waals surface area contributed by atoms with Gasteiger partial charge in [-0.3, -0.25) is 4.79 Å². The molecule has 2 aliphatic carbocycles. The van der Waals surface area contributed by atoms with Gasteiger partial charge in [0, 0.05) is 25.2 Å². The van der Waals surface area contributed by atoms with Gasteiger partial charge in [-0.1, -0.05) is 18.6 Å². The lowest BCUT2D eigenvalue weighted by molar-refractivity contribution is -0.114. The molecule has 0 radical (unpaired) electrons. The number of hydrogen-bond donors (Lipinski definition) is 2. The Bertz CT molecular complexity index is 496. The smallest absolute Gasteiger partial charge is 0.221 e. The molecule has 2 aliphatic rings. The number of carbonyl (C=O) groups is 1. The molecule has 3 heteroatoms. The van der Waals surface area contributed by atoms with Crippen LogP contribution in [0.15, 0.2) is 24.3 Å². The van der Waals surface area contributed by atoms with Gasteiger partial charge < -0.3 is 10.6 Å². The van der Waals surface area contributed by atoms with E-state index in [-0.39, 0.29) is 5.91 Å². The minimum absolute atomic E-state index is 0.0224. The van der Waals surface area contributed by atoms with Crippen molar-refractivity contribution in [3.63, 3.8) is 0 Å². The zero-order valence-corrected chi connectivity index (χ0v) is 13.1. The molecule has 0 heterocycles. The molecule has 0 saturated heterocycles. The lowest BCUT2D eigenvalue weighted by Crippen LogP contribution is -2.35. The van der Waals surface area contributed by atoms with Crippen molar-refractivity contribution < 1.29 is 4.79 Å². The van der Waals surface area contributed by atoms with Gasteiger partial charge in [0.2, 0.25) is 5.91 Å². The van der Waals surface area contributed by atoms with E-state index in [4.69, 9.17) is 0 Å². The summed E-state index contributed by atoms with van der Waals surface area (Å²) >= 11 is 0. The highest BCUT2D eigenvalue weighted by atomic mass is 16.1. The van der Waals surface area contributed by atoms with Crippen molar-refractivity contribution in [2.45, 2.75) is 52.1 Å². The number of carbonyl (C=O) groups excluding carboxylic acids is 1. The molecule has 3 rings (SSSR count). The van der Waals surface area contributed by atoms with Crippen LogP contribution in [0.2, 0.25) is 0 Å². The summed E-state index contributed by atoms with van der Waals surface area (Å²) in [6.07, 6.45) is 5.83. The van der Waals surface area contributed by atoms with Crippen molar-refractivity contribution in [3.05, 3.63) is 29.8 Å². The SMILES string of the molecule is CC(=O)Nc1ccc(CNC(C)C2CC3CCC2C3)cc1. The van der Waals surface area contributed by atoms with Crippen LogP contribution in [0.4, 0.5) is 5.69 Å². The summed E-state index contributed by atoms with van der Waals surface area (Å²) in [7, 11) is 0. The number of benzene rings is 1. The van der Waals surface area contributed by atoms with Gasteiger partial charge in [0.05, 0.1) is 0 Å². The lowest BCUT2D eigenvalue weighted by Gasteiger charge is -2.28. The first-order valence-corrected chi connectivity index (χ1v) is 8.21. The van der Waals surface area contributed by atoms with Gasteiger partial charge >= 0.3 is 0 Å². The number of amides is 1. The molecule has 2 N–H and O–H groups in total. The molecular formula is C18H26N2O. The second-order valence-corrected chi connectivity index (χ2v) is 6.89. The van der Waals surface area contributed by atoms with Crippen molar-refractivity contribution in [2.24, 2.45) is 17.8 Å². The molecule has 0 aromatic heterocycles. The third-order valence-electron chi connectivity index (χ3n) is 5.34. The molecule has 1 aromatic rings. The first kappa shape index (κ1) is 14.6. The summed E-state index contributed by atoms with van der Waals surface area (Å²) in [6.45, 7) is 4.79. The van der Waals surface area contributed by atoms with Crippen LogP contribution >= 0.6 is 0 Å². The van der Waals surface area contributed by atoms with E-state index in [2.05, 4.69) is 29.7 Å². The molecule has 0 spiro atoms. The molecule has 2 saturated carbocycles. The second kappa shape index (κ2) is 6.18. The standard InChI is InChI=1S/C18H26N2O/c1-12(18-10-15-3-6-16(18)9-15)19-11-14-4-7-17(8-5-14)20-13(2)21/h4-5,7-8,12,15-16,18-19H,3,6,9-11H2,1-2H3,(H,20,21). The predicted octanol–water partition coefficient (Wildman–Crippen LogP) is 3.56. The fraction of sp³-hybridized carbons (Fsp3) is 0.611. The van der Waals surface area contributed by atoms with E-state index in [1.54, 1.807) is 0 Å². The first-order valence-electron chi connectivity index (χ1n) is 8.21. The van der Waals surface area contributed by atoms with Crippen molar-refractivity contribution in [1.29, 1.82) is 0 Å². The van der Waals surface area contributed by atoms with E-state index in [1.165, 1.54) is 38.2 Å². The fourth-order valence-corrected chi connectivity index (χ4v) is 4.25. The Morgan fingerprint density at radius 1 is 1.24 bits per heavy atom. The first-order chi connectivity index (χ1) is 10.1. The van der Waals surface area contributed by atoms with E-state index in [0.717, 1.165) is 30.0 Å². The average molecular weight is 286 g/mol. The minimum atomic E-state index is -0.0224. The summed E-state index contributed by atoms with van der Waals surface area (Å²) in [5, 5.41) is 6.50. The summed E-state index contributed by atoms with van der Waals surface area (Å²) in [6, 6.07) is 8.73. The Kier molecular flexibility index (Phi) is 4.29. The van der Waals surface area contributed by atoms with Crippen LogP contribution in [0.3, 0.4) is 0 Å². The Labute approximate surface area is 127 Å². The molecule has 2 fully saturated rings. The molecule has 114 valence electrons. The molecule has 4 unspecified atom stereocenters. The maximum absolute atomic E-state index is 11.0. The molecule has 21 heavy (non-hydrogen) atoms. The Hall–Kier alpha value is -1.35. The van der Waals surface area contributed by atoms with Crippen LogP contribution in [0, 0.1) is 17.8 Å². The summed E-state index contributed by atoms with van der Waals surface area (Å²) < 4.78 is 0. The van der Waals surface area contributed by atoms with Crippen LogP contribution in [0.1, 0.15) is 45.1 Å². The molecule has 3 nitrogen and oxygen atoms in total. The van der Waals surface area contributed by atoms with Gasteiger partial charge in [0.25, 0.3) is 0 Å². The van der Waals surface area contributed by atoms with Crippen LogP contribution in [-0.2, 0) is 11.3 Å². The molecule has 4 atom stereocenters. The Morgan fingerprint density at radius 3 is 2.57 bits per heavy atom. The van der Waals surface area contributed by atoms with Gasteiger partial charge in [-0.15, -0.1) is 0 Å². The van der Waals surface area contributed by atoms with Crippen molar-refractivity contribution in [1.82, 2.24) is 5.32 Å². The Morgan fingerprint density at radius 2 is 2.00 bits per heavy atom. The molecule has 2 bridgehead atoms. The van der Waals surface area contributed by atoms with E-state index < -0.39 is 0 Å². The van der Waals surface area contributed by atoms with E-state index >= 15 is 0 Å². The van der Waals surface area contributed by atoms with Crippen LogP contribution < -0.4 is 10.6 Å².